The Morgan fingerprint density at radius 2 is 2.13 bits per heavy atom. The van der Waals surface area contributed by atoms with Gasteiger partial charge in [-0.25, -0.2) is 0 Å². The second-order valence-corrected chi connectivity index (χ2v) is 5.29. The van der Waals surface area contributed by atoms with Gasteiger partial charge in [0.15, 0.2) is 0 Å². The highest BCUT2D eigenvalue weighted by molar-refractivity contribution is 6.18. The summed E-state index contributed by atoms with van der Waals surface area (Å²) in [6, 6.07) is 0. The number of rotatable bonds is 3. The van der Waals surface area contributed by atoms with Gasteiger partial charge in [0, 0.05) is 24.9 Å². The Morgan fingerprint density at radius 1 is 1.47 bits per heavy atom. The number of halogens is 1. The van der Waals surface area contributed by atoms with Crippen molar-refractivity contribution in [3.05, 3.63) is 0 Å². The fraction of sp³-hybridized carbons (Fsp3) is 0.917. The third kappa shape index (κ3) is 3.37. The lowest BCUT2D eigenvalue weighted by molar-refractivity contribution is -0.138. The number of hydrogen-bond donors (Lipinski definition) is 0. The summed E-state index contributed by atoms with van der Waals surface area (Å²) in [5.41, 5.74) is 0. The maximum absolute atomic E-state index is 12.1. The molecule has 2 atom stereocenters. The van der Waals surface area contributed by atoms with Gasteiger partial charge in [-0.05, 0) is 24.7 Å². The van der Waals surface area contributed by atoms with Gasteiger partial charge in [0.25, 0.3) is 0 Å². The zero-order valence-corrected chi connectivity index (χ0v) is 10.8. The molecule has 0 aliphatic carbocycles. The van der Waals surface area contributed by atoms with Crippen LogP contribution >= 0.6 is 11.6 Å². The van der Waals surface area contributed by atoms with E-state index >= 15 is 0 Å². The average molecular weight is 232 g/mol. The summed E-state index contributed by atoms with van der Waals surface area (Å²) in [6.45, 7) is 8.01. The second kappa shape index (κ2) is 5.74. The fourth-order valence-electron chi connectivity index (χ4n) is 1.96. The van der Waals surface area contributed by atoms with Crippen molar-refractivity contribution in [2.75, 3.05) is 19.0 Å². The molecule has 0 saturated carbocycles. The summed E-state index contributed by atoms with van der Waals surface area (Å²) >= 11 is 5.85. The standard InChI is InChI=1S/C12H22ClNO/c1-9(2)10(3)12(15)14-6-4-5-11(7-13)8-14/h9-11H,4-8H2,1-3H3. The van der Waals surface area contributed by atoms with Gasteiger partial charge < -0.3 is 4.90 Å². The van der Waals surface area contributed by atoms with Crippen LogP contribution in [0.1, 0.15) is 33.6 Å². The van der Waals surface area contributed by atoms with Gasteiger partial charge in [-0.3, -0.25) is 4.79 Å². The van der Waals surface area contributed by atoms with E-state index in [9.17, 15) is 4.79 Å². The first-order valence-electron chi connectivity index (χ1n) is 5.91. The highest BCUT2D eigenvalue weighted by atomic mass is 35.5. The van der Waals surface area contributed by atoms with Gasteiger partial charge in [-0.15, -0.1) is 11.6 Å². The van der Waals surface area contributed by atoms with E-state index in [4.69, 9.17) is 11.6 Å². The molecule has 1 heterocycles. The molecule has 0 N–H and O–H groups in total. The van der Waals surface area contributed by atoms with E-state index in [1.165, 1.54) is 6.42 Å². The third-order valence-electron chi connectivity index (χ3n) is 3.44. The quantitative estimate of drug-likeness (QED) is 0.684. The molecule has 0 spiro atoms. The van der Waals surface area contributed by atoms with Crippen LogP contribution in [-0.4, -0.2) is 29.8 Å². The van der Waals surface area contributed by atoms with Crippen LogP contribution in [0.3, 0.4) is 0 Å². The van der Waals surface area contributed by atoms with Crippen molar-refractivity contribution in [1.82, 2.24) is 4.90 Å². The number of nitrogens with zero attached hydrogens (tertiary/aromatic N) is 1. The number of carbonyl (C=O) groups is 1. The molecule has 88 valence electrons. The van der Waals surface area contributed by atoms with Gasteiger partial charge in [0.1, 0.15) is 0 Å². The Morgan fingerprint density at radius 3 is 2.67 bits per heavy atom. The minimum atomic E-state index is 0.138. The van der Waals surface area contributed by atoms with Crippen LogP contribution in [0.25, 0.3) is 0 Å². The number of alkyl halides is 1. The minimum absolute atomic E-state index is 0.138. The number of amides is 1. The SMILES string of the molecule is CC(C)C(C)C(=O)N1CCCC(CCl)C1. The van der Waals surface area contributed by atoms with Gasteiger partial charge in [-0.1, -0.05) is 20.8 Å². The summed E-state index contributed by atoms with van der Waals surface area (Å²) in [6.07, 6.45) is 2.28. The first kappa shape index (κ1) is 12.8. The first-order valence-corrected chi connectivity index (χ1v) is 6.44. The summed E-state index contributed by atoms with van der Waals surface area (Å²) in [7, 11) is 0. The van der Waals surface area contributed by atoms with Crippen LogP contribution in [0.2, 0.25) is 0 Å². The molecule has 3 heteroatoms. The maximum atomic E-state index is 12.1. The van der Waals surface area contributed by atoms with E-state index < -0.39 is 0 Å². The van der Waals surface area contributed by atoms with Crippen LogP contribution in [0, 0.1) is 17.8 Å². The number of piperidine rings is 1. The zero-order valence-electron chi connectivity index (χ0n) is 10.0. The van der Waals surface area contributed by atoms with Gasteiger partial charge in [0.05, 0.1) is 0 Å². The average Bonchev–Trinajstić information content (AvgIpc) is 2.27. The number of hydrogen-bond acceptors (Lipinski definition) is 1. The van der Waals surface area contributed by atoms with E-state index in [2.05, 4.69) is 13.8 Å². The monoisotopic (exact) mass is 231 g/mol. The molecule has 1 amide bonds. The Labute approximate surface area is 98.0 Å². The molecule has 0 aromatic carbocycles. The van der Waals surface area contributed by atoms with Crippen molar-refractivity contribution in [2.45, 2.75) is 33.6 Å². The van der Waals surface area contributed by atoms with Crippen molar-refractivity contribution in [3.63, 3.8) is 0 Å². The van der Waals surface area contributed by atoms with Crippen molar-refractivity contribution in [3.8, 4) is 0 Å². The van der Waals surface area contributed by atoms with E-state index in [1.807, 2.05) is 11.8 Å². The van der Waals surface area contributed by atoms with Crippen molar-refractivity contribution in [2.24, 2.45) is 17.8 Å². The maximum Gasteiger partial charge on any atom is 0.225 e. The smallest absolute Gasteiger partial charge is 0.225 e. The molecule has 1 aliphatic rings. The van der Waals surface area contributed by atoms with E-state index in [1.54, 1.807) is 0 Å². The topological polar surface area (TPSA) is 20.3 Å². The molecule has 2 nitrogen and oxygen atoms in total. The molecule has 2 unspecified atom stereocenters. The van der Waals surface area contributed by atoms with E-state index in [-0.39, 0.29) is 5.92 Å². The van der Waals surface area contributed by atoms with Gasteiger partial charge in [-0.2, -0.15) is 0 Å². The van der Waals surface area contributed by atoms with Crippen LogP contribution in [-0.2, 0) is 4.79 Å². The van der Waals surface area contributed by atoms with Crippen LogP contribution in [0.15, 0.2) is 0 Å². The Bertz CT molecular complexity index is 218. The predicted molar refractivity (Wildman–Crippen MR) is 64.0 cm³/mol. The molecule has 0 aromatic rings. The highest BCUT2D eigenvalue weighted by Crippen LogP contribution is 2.21. The minimum Gasteiger partial charge on any atom is -0.342 e. The molecular formula is C12H22ClNO. The van der Waals surface area contributed by atoms with Crippen molar-refractivity contribution < 1.29 is 4.79 Å². The number of carbonyl (C=O) groups excluding carboxylic acids is 1. The summed E-state index contributed by atoms with van der Waals surface area (Å²) < 4.78 is 0. The largest absolute Gasteiger partial charge is 0.342 e. The van der Waals surface area contributed by atoms with Gasteiger partial charge >= 0.3 is 0 Å². The highest BCUT2D eigenvalue weighted by Gasteiger charge is 2.27. The molecule has 1 rings (SSSR count). The Balaban J connectivity index is 2.52. The summed E-state index contributed by atoms with van der Waals surface area (Å²) in [4.78, 5) is 14.1. The second-order valence-electron chi connectivity index (χ2n) is 4.98. The molecule has 1 aliphatic heterocycles. The lowest BCUT2D eigenvalue weighted by atomic mass is 9.93. The molecule has 0 radical (unpaired) electrons. The zero-order chi connectivity index (χ0) is 11.4. The molecular weight excluding hydrogens is 210 g/mol. The van der Waals surface area contributed by atoms with E-state index in [0.717, 1.165) is 19.5 Å². The molecule has 1 fully saturated rings. The van der Waals surface area contributed by atoms with E-state index in [0.29, 0.717) is 23.6 Å². The summed E-state index contributed by atoms with van der Waals surface area (Å²) in [5, 5.41) is 0. The van der Waals surface area contributed by atoms with Crippen LogP contribution in [0.5, 0.6) is 0 Å². The summed E-state index contributed by atoms with van der Waals surface area (Å²) in [5.74, 6) is 2.05. The Kier molecular flexibility index (Phi) is 4.91. The van der Waals surface area contributed by atoms with Crippen LogP contribution in [0.4, 0.5) is 0 Å². The molecule has 1 saturated heterocycles. The van der Waals surface area contributed by atoms with Crippen LogP contribution < -0.4 is 0 Å². The fourth-order valence-corrected chi connectivity index (χ4v) is 2.22. The molecule has 0 bridgehead atoms. The predicted octanol–water partition coefficient (Wildman–Crippen LogP) is 2.76. The number of likely N-dealkylation sites (tertiary alicyclic amines) is 1. The molecule has 15 heavy (non-hydrogen) atoms. The van der Waals surface area contributed by atoms with Crippen molar-refractivity contribution >= 4 is 17.5 Å². The first-order chi connectivity index (χ1) is 7.06. The van der Waals surface area contributed by atoms with Gasteiger partial charge in [0.2, 0.25) is 5.91 Å². The van der Waals surface area contributed by atoms with Crippen molar-refractivity contribution in [1.29, 1.82) is 0 Å². The Hall–Kier alpha value is -0.240. The lowest BCUT2D eigenvalue weighted by Crippen LogP contribution is -2.43. The molecule has 0 aromatic heterocycles. The normalized spacial score (nSPS) is 24.3. The lowest BCUT2D eigenvalue weighted by Gasteiger charge is -2.34. The third-order valence-corrected chi connectivity index (χ3v) is 3.87.